The number of nitrogens with one attached hydrogen (secondary N) is 1. The molecule has 3 aromatic rings. The lowest BCUT2D eigenvalue weighted by Crippen LogP contribution is -2.22. The van der Waals surface area contributed by atoms with Gasteiger partial charge >= 0.3 is 0 Å². The highest BCUT2D eigenvalue weighted by Gasteiger charge is 2.10. The Morgan fingerprint density at radius 1 is 1.12 bits per heavy atom. The van der Waals surface area contributed by atoms with Crippen LogP contribution in [0.25, 0.3) is 10.9 Å². The van der Waals surface area contributed by atoms with Gasteiger partial charge in [-0.15, -0.1) is 0 Å². The fraction of sp³-hybridized carbons (Fsp3) is 0.238. The fourth-order valence-electron chi connectivity index (χ4n) is 2.79. The van der Waals surface area contributed by atoms with E-state index in [0.717, 1.165) is 16.6 Å². The average molecular weight is 350 g/mol. The lowest BCUT2D eigenvalue weighted by atomic mass is 10.0. The van der Waals surface area contributed by atoms with Crippen LogP contribution in [0.4, 0.5) is 5.69 Å². The van der Waals surface area contributed by atoms with Crippen molar-refractivity contribution < 1.29 is 9.53 Å². The van der Waals surface area contributed by atoms with Gasteiger partial charge in [0.05, 0.1) is 5.52 Å². The van der Waals surface area contributed by atoms with E-state index in [-0.39, 0.29) is 18.1 Å². The second-order valence-corrected chi connectivity index (χ2v) is 6.54. The van der Waals surface area contributed by atoms with Gasteiger partial charge in [-0.2, -0.15) is 0 Å². The van der Waals surface area contributed by atoms with Crippen LogP contribution in [0.1, 0.15) is 25.3 Å². The smallest absolute Gasteiger partial charge is 0.262 e. The highest BCUT2D eigenvalue weighted by atomic mass is 16.5. The number of benzene rings is 2. The third-order valence-electron chi connectivity index (χ3n) is 4.34. The fourth-order valence-corrected chi connectivity index (χ4v) is 2.79. The maximum absolute atomic E-state index is 12.2. The lowest BCUT2D eigenvalue weighted by Gasteiger charge is -2.12. The third kappa shape index (κ3) is 3.77. The van der Waals surface area contributed by atoms with Crippen molar-refractivity contribution >= 4 is 22.5 Å². The number of nitrogens with zero attached hydrogens (tertiary/aromatic N) is 1. The number of anilines is 1. The maximum atomic E-state index is 12.2. The topological polar surface area (TPSA) is 60.3 Å². The second kappa shape index (κ2) is 7.44. The van der Waals surface area contributed by atoms with Crippen LogP contribution in [-0.2, 0) is 11.8 Å². The number of pyridine rings is 1. The Labute approximate surface area is 152 Å². The summed E-state index contributed by atoms with van der Waals surface area (Å²) < 4.78 is 7.18. The molecule has 1 heterocycles. The summed E-state index contributed by atoms with van der Waals surface area (Å²) in [6, 6.07) is 16.6. The van der Waals surface area contributed by atoms with E-state index in [1.165, 1.54) is 11.6 Å². The number of fused-ring (bicyclic) bond motifs is 1. The van der Waals surface area contributed by atoms with Crippen LogP contribution >= 0.6 is 0 Å². The molecule has 1 amide bonds. The number of aromatic nitrogens is 1. The monoisotopic (exact) mass is 350 g/mol. The highest BCUT2D eigenvalue weighted by molar-refractivity contribution is 5.92. The molecule has 5 heteroatoms. The highest BCUT2D eigenvalue weighted by Crippen LogP contribution is 2.23. The number of aryl methyl sites for hydroxylation is 1. The summed E-state index contributed by atoms with van der Waals surface area (Å²) in [7, 11) is 1.71. The number of carbonyl (C=O) groups is 1. The van der Waals surface area contributed by atoms with Gasteiger partial charge in [-0.25, -0.2) is 0 Å². The van der Waals surface area contributed by atoms with Crippen LogP contribution < -0.4 is 15.6 Å². The van der Waals surface area contributed by atoms with E-state index in [1.54, 1.807) is 11.6 Å². The summed E-state index contributed by atoms with van der Waals surface area (Å²) in [6.07, 6.45) is 0. The first kappa shape index (κ1) is 17.7. The Morgan fingerprint density at radius 3 is 2.50 bits per heavy atom. The number of hydrogen-bond acceptors (Lipinski definition) is 3. The quantitative estimate of drug-likeness (QED) is 0.764. The molecule has 1 aromatic heterocycles. The van der Waals surface area contributed by atoms with Gasteiger partial charge in [0.1, 0.15) is 5.75 Å². The lowest BCUT2D eigenvalue weighted by molar-refractivity contribution is -0.118. The first-order chi connectivity index (χ1) is 12.5. The summed E-state index contributed by atoms with van der Waals surface area (Å²) in [6.45, 7) is 4.08. The molecule has 0 radical (unpaired) electrons. The van der Waals surface area contributed by atoms with Gasteiger partial charge in [0.15, 0.2) is 6.61 Å². The van der Waals surface area contributed by atoms with E-state index in [1.807, 2.05) is 48.5 Å². The number of hydrogen-bond donors (Lipinski definition) is 1. The number of rotatable bonds is 5. The molecule has 0 unspecified atom stereocenters. The number of carbonyl (C=O) groups excluding carboxylic acids is 1. The Kier molecular flexibility index (Phi) is 5.07. The molecular formula is C21H22N2O3. The normalized spacial score (nSPS) is 10.9. The molecule has 0 atom stereocenters. The summed E-state index contributed by atoms with van der Waals surface area (Å²) in [4.78, 5) is 24.2. The second-order valence-electron chi connectivity index (χ2n) is 6.54. The molecule has 2 aromatic carbocycles. The van der Waals surface area contributed by atoms with Crippen molar-refractivity contribution in [2.24, 2.45) is 7.05 Å². The molecule has 0 fully saturated rings. The van der Waals surface area contributed by atoms with Crippen molar-refractivity contribution in [1.29, 1.82) is 0 Å². The van der Waals surface area contributed by atoms with E-state index < -0.39 is 0 Å². The summed E-state index contributed by atoms with van der Waals surface area (Å²) in [5.74, 6) is 0.582. The van der Waals surface area contributed by atoms with Crippen molar-refractivity contribution in [3.05, 3.63) is 70.5 Å². The van der Waals surface area contributed by atoms with Crippen molar-refractivity contribution in [3.63, 3.8) is 0 Å². The summed E-state index contributed by atoms with van der Waals surface area (Å²) in [5, 5.41) is 3.60. The van der Waals surface area contributed by atoms with Crippen LogP contribution in [0.15, 0.2) is 59.4 Å². The molecule has 0 saturated heterocycles. The van der Waals surface area contributed by atoms with Gasteiger partial charge in [0, 0.05) is 24.2 Å². The number of ether oxygens (including phenoxy) is 1. The molecule has 0 aliphatic rings. The van der Waals surface area contributed by atoms with Gasteiger partial charge in [-0.05, 0) is 35.7 Å². The predicted molar refractivity (Wildman–Crippen MR) is 104 cm³/mol. The molecule has 5 nitrogen and oxygen atoms in total. The van der Waals surface area contributed by atoms with Crippen LogP contribution in [-0.4, -0.2) is 17.1 Å². The van der Waals surface area contributed by atoms with Crippen LogP contribution in [0.5, 0.6) is 5.75 Å². The van der Waals surface area contributed by atoms with Crippen LogP contribution in [0, 0.1) is 0 Å². The molecule has 26 heavy (non-hydrogen) atoms. The zero-order valence-electron chi connectivity index (χ0n) is 15.2. The van der Waals surface area contributed by atoms with Gasteiger partial charge in [0.2, 0.25) is 0 Å². The van der Waals surface area contributed by atoms with Crippen molar-refractivity contribution in [1.82, 2.24) is 4.57 Å². The van der Waals surface area contributed by atoms with Crippen molar-refractivity contribution in [2.45, 2.75) is 19.8 Å². The van der Waals surface area contributed by atoms with E-state index in [4.69, 9.17) is 4.74 Å². The first-order valence-electron chi connectivity index (χ1n) is 8.57. The molecule has 0 saturated carbocycles. The first-order valence-corrected chi connectivity index (χ1v) is 8.57. The number of para-hydroxylation sites is 1. The largest absolute Gasteiger partial charge is 0.483 e. The molecule has 1 N–H and O–H groups in total. The van der Waals surface area contributed by atoms with Gasteiger partial charge in [-0.3, -0.25) is 9.59 Å². The van der Waals surface area contributed by atoms with E-state index in [0.29, 0.717) is 11.7 Å². The molecule has 0 aliphatic heterocycles. The average Bonchev–Trinajstić information content (AvgIpc) is 2.64. The molecule has 0 aliphatic carbocycles. The molecular weight excluding hydrogens is 328 g/mol. The van der Waals surface area contributed by atoms with Crippen molar-refractivity contribution in [2.75, 3.05) is 11.9 Å². The van der Waals surface area contributed by atoms with E-state index >= 15 is 0 Å². The zero-order chi connectivity index (χ0) is 18.7. The van der Waals surface area contributed by atoms with Gasteiger partial charge in [-0.1, -0.05) is 38.1 Å². The van der Waals surface area contributed by atoms with Crippen LogP contribution in [0.2, 0.25) is 0 Å². The summed E-state index contributed by atoms with van der Waals surface area (Å²) >= 11 is 0. The van der Waals surface area contributed by atoms with E-state index in [9.17, 15) is 9.59 Å². The minimum absolute atomic E-state index is 0.164. The Hall–Kier alpha value is -3.08. The zero-order valence-corrected chi connectivity index (χ0v) is 15.2. The molecule has 0 bridgehead atoms. The van der Waals surface area contributed by atoms with Crippen molar-refractivity contribution in [3.8, 4) is 5.75 Å². The molecule has 134 valence electrons. The Morgan fingerprint density at radius 2 is 1.81 bits per heavy atom. The molecule has 0 spiro atoms. The number of amides is 1. The van der Waals surface area contributed by atoms with Gasteiger partial charge < -0.3 is 14.6 Å². The summed E-state index contributed by atoms with van der Waals surface area (Å²) in [5.41, 5.74) is 2.52. The standard InChI is InChI=1S/C21H22N2O3/c1-14(2)15-8-10-16(11-9-15)22-20(24)13-26-19-12-21(25)23(3)18-7-5-4-6-17(18)19/h4-12,14H,13H2,1-3H3,(H,22,24). The maximum Gasteiger partial charge on any atom is 0.262 e. The van der Waals surface area contributed by atoms with E-state index in [2.05, 4.69) is 19.2 Å². The SMILES string of the molecule is CC(C)c1ccc(NC(=O)COc2cc(=O)n(C)c3ccccc23)cc1. The van der Waals surface area contributed by atoms with Gasteiger partial charge in [0.25, 0.3) is 11.5 Å². The Balaban J connectivity index is 1.71. The minimum Gasteiger partial charge on any atom is -0.483 e. The Bertz CT molecular complexity index is 988. The predicted octanol–water partition coefficient (Wildman–Crippen LogP) is 3.68. The third-order valence-corrected chi connectivity index (χ3v) is 4.34. The van der Waals surface area contributed by atoms with Crippen LogP contribution in [0.3, 0.4) is 0 Å². The molecule has 3 rings (SSSR count). The minimum atomic E-state index is -0.271.